The van der Waals surface area contributed by atoms with E-state index in [1.807, 2.05) is 6.07 Å². The van der Waals surface area contributed by atoms with E-state index >= 15 is 0 Å². The Morgan fingerprint density at radius 1 is 1.33 bits per heavy atom. The number of hydrogen-bond acceptors (Lipinski definition) is 3. The SMILES string of the molecule is CN1CCN(C(=O)C2CC23CCNC3)c2ccccc2C1. The molecule has 0 bridgehead atoms. The van der Waals surface area contributed by atoms with Crippen LogP contribution in [0.3, 0.4) is 0 Å². The van der Waals surface area contributed by atoms with Crippen LogP contribution in [0.5, 0.6) is 0 Å². The van der Waals surface area contributed by atoms with Crippen molar-refractivity contribution < 1.29 is 4.79 Å². The van der Waals surface area contributed by atoms with Gasteiger partial charge in [0.15, 0.2) is 0 Å². The van der Waals surface area contributed by atoms with E-state index in [0.717, 1.165) is 44.8 Å². The fraction of sp³-hybridized carbons (Fsp3) is 0.588. The molecule has 1 saturated heterocycles. The molecule has 1 spiro atoms. The van der Waals surface area contributed by atoms with E-state index in [9.17, 15) is 4.79 Å². The van der Waals surface area contributed by atoms with Crippen molar-refractivity contribution in [3.8, 4) is 0 Å². The number of rotatable bonds is 1. The lowest BCUT2D eigenvalue weighted by molar-refractivity contribution is -0.120. The number of nitrogens with zero attached hydrogens (tertiary/aromatic N) is 2. The van der Waals surface area contributed by atoms with Gasteiger partial charge in [0.25, 0.3) is 0 Å². The molecule has 2 heterocycles. The Kier molecular flexibility index (Phi) is 3.05. The topological polar surface area (TPSA) is 35.6 Å². The molecular formula is C17H23N3O. The van der Waals surface area contributed by atoms with Gasteiger partial charge in [-0.1, -0.05) is 18.2 Å². The van der Waals surface area contributed by atoms with Crippen molar-refractivity contribution in [3.05, 3.63) is 29.8 Å². The monoisotopic (exact) mass is 285 g/mol. The van der Waals surface area contributed by atoms with Crippen molar-refractivity contribution in [2.45, 2.75) is 19.4 Å². The summed E-state index contributed by atoms with van der Waals surface area (Å²) in [6, 6.07) is 8.37. The molecule has 4 rings (SSSR count). The second kappa shape index (κ2) is 4.82. The van der Waals surface area contributed by atoms with E-state index in [4.69, 9.17) is 0 Å². The predicted molar refractivity (Wildman–Crippen MR) is 83.2 cm³/mol. The highest BCUT2D eigenvalue weighted by Crippen LogP contribution is 2.57. The van der Waals surface area contributed by atoms with E-state index in [2.05, 4.69) is 40.4 Å². The predicted octanol–water partition coefficient (Wildman–Crippen LogP) is 1.46. The number of amides is 1. The molecule has 1 aromatic rings. The second-order valence-corrected chi connectivity index (χ2v) is 6.90. The molecule has 21 heavy (non-hydrogen) atoms. The Labute approximate surface area is 126 Å². The van der Waals surface area contributed by atoms with Crippen LogP contribution >= 0.6 is 0 Å². The summed E-state index contributed by atoms with van der Waals surface area (Å²) in [4.78, 5) is 17.4. The highest BCUT2D eigenvalue weighted by molar-refractivity contribution is 5.98. The average Bonchev–Trinajstić information content (AvgIpc) is 3.03. The summed E-state index contributed by atoms with van der Waals surface area (Å²) in [5, 5.41) is 3.42. The summed E-state index contributed by atoms with van der Waals surface area (Å²) in [6.07, 6.45) is 2.24. The zero-order chi connectivity index (χ0) is 14.4. The molecule has 0 aromatic heterocycles. The van der Waals surface area contributed by atoms with Crippen LogP contribution in [0.15, 0.2) is 24.3 Å². The first-order chi connectivity index (χ1) is 10.2. The maximum atomic E-state index is 13.0. The van der Waals surface area contributed by atoms with Gasteiger partial charge in [0.2, 0.25) is 5.91 Å². The van der Waals surface area contributed by atoms with Crippen molar-refractivity contribution in [1.82, 2.24) is 10.2 Å². The first kappa shape index (κ1) is 13.3. The Morgan fingerprint density at radius 2 is 2.19 bits per heavy atom. The molecule has 1 amide bonds. The second-order valence-electron chi connectivity index (χ2n) is 6.90. The van der Waals surface area contributed by atoms with Gasteiger partial charge in [-0.3, -0.25) is 4.79 Å². The number of carbonyl (C=O) groups excluding carboxylic acids is 1. The van der Waals surface area contributed by atoms with Crippen LogP contribution in [-0.2, 0) is 11.3 Å². The maximum Gasteiger partial charge on any atom is 0.230 e. The molecule has 2 fully saturated rings. The number of nitrogens with one attached hydrogen (secondary N) is 1. The molecule has 1 saturated carbocycles. The van der Waals surface area contributed by atoms with Gasteiger partial charge in [-0.15, -0.1) is 0 Å². The van der Waals surface area contributed by atoms with Gasteiger partial charge in [-0.25, -0.2) is 0 Å². The van der Waals surface area contributed by atoms with Crippen LogP contribution in [0.1, 0.15) is 18.4 Å². The molecule has 2 atom stereocenters. The van der Waals surface area contributed by atoms with Crippen molar-refractivity contribution in [2.75, 3.05) is 38.1 Å². The largest absolute Gasteiger partial charge is 0.316 e. The number of anilines is 1. The number of likely N-dealkylation sites (N-methyl/N-ethyl adjacent to an activating group) is 1. The van der Waals surface area contributed by atoms with Gasteiger partial charge in [0.1, 0.15) is 0 Å². The van der Waals surface area contributed by atoms with E-state index in [-0.39, 0.29) is 11.3 Å². The van der Waals surface area contributed by atoms with Crippen molar-refractivity contribution in [3.63, 3.8) is 0 Å². The van der Waals surface area contributed by atoms with Gasteiger partial charge >= 0.3 is 0 Å². The Bertz CT molecular complexity index is 565. The molecule has 2 aliphatic heterocycles. The maximum absolute atomic E-state index is 13.0. The molecule has 3 aliphatic rings. The third kappa shape index (κ3) is 2.17. The molecule has 0 radical (unpaired) electrons. The Hall–Kier alpha value is -1.39. The van der Waals surface area contributed by atoms with Gasteiger partial charge < -0.3 is 15.1 Å². The fourth-order valence-corrected chi connectivity index (χ4v) is 4.02. The zero-order valence-electron chi connectivity index (χ0n) is 12.6. The zero-order valence-corrected chi connectivity index (χ0v) is 12.6. The lowest BCUT2D eigenvalue weighted by atomic mass is 10.0. The minimum absolute atomic E-state index is 0.240. The molecule has 2 unspecified atom stereocenters. The summed E-state index contributed by atoms with van der Waals surface area (Å²) in [5.41, 5.74) is 2.68. The summed E-state index contributed by atoms with van der Waals surface area (Å²) >= 11 is 0. The first-order valence-corrected chi connectivity index (χ1v) is 7.98. The normalized spacial score (nSPS) is 32.0. The number of carbonyl (C=O) groups is 1. The lowest BCUT2D eigenvalue weighted by Crippen LogP contribution is -2.37. The standard InChI is InChI=1S/C17H23N3O/c1-19-8-9-20(15-5-3-2-4-13(15)11-19)16(21)14-10-17(14)6-7-18-12-17/h2-5,14,18H,6-12H2,1H3. The highest BCUT2D eigenvalue weighted by atomic mass is 16.2. The molecular weight excluding hydrogens is 262 g/mol. The van der Waals surface area contributed by atoms with Gasteiger partial charge in [0, 0.05) is 37.8 Å². The van der Waals surface area contributed by atoms with Crippen LogP contribution < -0.4 is 10.2 Å². The van der Waals surface area contributed by atoms with Crippen LogP contribution in [0.25, 0.3) is 0 Å². The van der Waals surface area contributed by atoms with Crippen LogP contribution in [0.4, 0.5) is 5.69 Å². The lowest BCUT2D eigenvalue weighted by Gasteiger charge is -2.24. The minimum atomic E-state index is 0.240. The van der Waals surface area contributed by atoms with Crippen molar-refractivity contribution in [2.24, 2.45) is 11.3 Å². The summed E-state index contributed by atoms with van der Waals surface area (Å²) in [7, 11) is 2.13. The van der Waals surface area contributed by atoms with E-state index in [0.29, 0.717) is 5.91 Å². The van der Waals surface area contributed by atoms with Crippen molar-refractivity contribution >= 4 is 11.6 Å². The fourth-order valence-electron chi connectivity index (χ4n) is 4.02. The minimum Gasteiger partial charge on any atom is -0.316 e. The Balaban J connectivity index is 1.61. The molecule has 4 nitrogen and oxygen atoms in total. The number of hydrogen-bond donors (Lipinski definition) is 1. The molecule has 1 aliphatic carbocycles. The van der Waals surface area contributed by atoms with Gasteiger partial charge in [-0.2, -0.15) is 0 Å². The molecule has 1 aromatic carbocycles. The average molecular weight is 285 g/mol. The third-order valence-corrected chi connectivity index (χ3v) is 5.46. The van der Waals surface area contributed by atoms with Crippen LogP contribution in [0.2, 0.25) is 0 Å². The number of fused-ring (bicyclic) bond motifs is 1. The highest BCUT2D eigenvalue weighted by Gasteiger charge is 2.60. The molecule has 4 heteroatoms. The van der Waals surface area contributed by atoms with Crippen molar-refractivity contribution in [1.29, 1.82) is 0 Å². The number of para-hydroxylation sites is 1. The van der Waals surface area contributed by atoms with E-state index in [1.165, 1.54) is 12.0 Å². The smallest absolute Gasteiger partial charge is 0.230 e. The van der Waals surface area contributed by atoms with E-state index < -0.39 is 0 Å². The third-order valence-electron chi connectivity index (χ3n) is 5.46. The number of benzene rings is 1. The Morgan fingerprint density at radius 3 is 3.00 bits per heavy atom. The van der Waals surface area contributed by atoms with Crippen LogP contribution in [-0.4, -0.2) is 44.0 Å². The van der Waals surface area contributed by atoms with E-state index in [1.54, 1.807) is 0 Å². The van der Waals surface area contributed by atoms with Gasteiger partial charge in [-0.05, 0) is 43.5 Å². The summed E-state index contributed by atoms with van der Waals surface area (Å²) < 4.78 is 0. The molecule has 112 valence electrons. The quantitative estimate of drug-likeness (QED) is 0.848. The van der Waals surface area contributed by atoms with Crippen LogP contribution in [0, 0.1) is 11.3 Å². The summed E-state index contributed by atoms with van der Waals surface area (Å²) in [6.45, 7) is 4.78. The molecule has 1 N–H and O–H groups in total. The van der Waals surface area contributed by atoms with Gasteiger partial charge in [0.05, 0.1) is 0 Å². The summed E-state index contributed by atoms with van der Waals surface area (Å²) in [5.74, 6) is 0.588. The first-order valence-electron chi connectivity index (χ1n) is 7.98.